The molecule has 6 rings (SSSR count). The van der Waals surface area contributed by atoms with E-state index in [-0.39, 0.29) is 17.6 Å². The van der Waals surface area contributed by atoms with E-state index in [0.717, 1.165) is 45.2 Å². The summed E-state index contributed by atoms with van der Waals surface area (Å²) in [7, 11) is 3.25. The van der Waals surface area contributed by atoms with Crippen molar-refractivity contribution in [2.75, 3.05) is 19.5 Å². The van der Waals surface area contributed by atoms with Gasteiger partial charge in [0.05, 0.1) is 25.6 Å². The van der Waals surface area contributed by atoms with Gasteiger partial charge in [0.2, 0.25) is 0 Å². The second kappa shape index (κ2) is 9.24. The number of Topliss-reactive ketones (excluding diaryl/α,β-unsaturated/α-hetero) is 1. The van der Waals surface area contributed by atoms with Crippen LogP contribution >= 0.6 is 0 Å². The second-order valence-electron chi connectivity index (χ2n) is 9.47. The average Bonchev–Trinajstić information content (AvgIpc) is 3.28. The van der Waals surface area contributed by atoms with E-state index >= 15 is 0 Å². The van der Waals surface area contributed by atoms with Gasteiger partial charge in [0, 0.05) is 41.6 Å². The van der Waals surface area contributed by atoms with Crippen molar-refractivity contribution in [1.82, 2.24) is 14.8 Å². The zero-order valence-electron chi connectivity index (χ0n) is 21.1. The number of carbonyl (C=O) groups is 1. The lowest BCUT2D eigenvalue weighted by atomic mass is 9.72. The van der Waals surface area contributed by atoms with Crippen LogP contribution in [-0.2, 0) is 4.79 Å². The summed E-state index contributed by atoms with van der Waals surface area (Å²) in [5, 5.41) is 8.56. The molecule has 0 fully saturated rings. The third-order valence-electron chi connectivity index (χ3n) is 7.36. The summed E-state index contributed by atoms with van der Waals surface area (Å²) < 4.78 is 12.9. The van der Waals surface area contributed by atoms with Crippen molar-refractivity contribution >= 4 is 11.6 Å². The minimum atomic E-state index is -0.226. The maximum absolute atomic E-state index is 13.9. The van der Waals surface area contributed by atoms with Crippen LogP contribution in [-0.4, -0.2) is 34.8 Å². The summed E-state index contributed by atoms with van der Waals surface area (Å²) >= 11 is 0. The van der Waals surface area contributed by atoms with Crippen molar-refractivity contribution in [1.29, 1.82) is 0 Å². The van der Waals surface area contributed by atoms with Gasteiger partial charge in [-0.05, 0) is 60.7 Å². The predicted molar refractivity (Wildman–Crippen MR) is 142 cm³/mol. The van der Waals surface area contributed by atoms with Gasteiger partial charge in [-0.2, -0.15) is 5.10 Å². The van der Waals surface area contributed by atoms with Crippen LogP contribution in [0.1, 0.15) is 47.1 Å². The van der Waals surface area contributed by atoms with Crippen LogP contribution in [0.3, 0.4) is 0 Å². The lowest BCUT2D eigenvalue weighted by molar-refractivity contribution is -0.116. The molecule has 0 unspecified atom stereocenters. The molecule has 0 saturated heterocycles. The van der Waals surface area contributed by atoms with Crippen LogP contribution in [0, 0.1) is 6.92 Å². The molecule has 0 bridgehead atoms. The Bertz CT molecular complexity index is 1510. The van der Waals surface area contributed by atoms with Crippen molar-refractivity contribution in [3.63, 3.8) is 0 Å². The number of hydrogen-bond acceptors (Lipinski definition) is 6. The normalized spacial score (nSPS) is 18.6. The highest BCUT2D eigenvalue weighted by Gasteiger charge is 2.41. The first-order valence-corrected chi connectivity index (χ1v) is 12.4. The smallest absolute Gasteiger partial charge is 0.162 e. The molecule has 37 heavy (non-hydrogen) atoms. The number of para-hydroxylation sites is 1. The number of pyridine rings is 1. The van der Waals surface area contributed by atoms with Crippen LogP contribution < -0.4 is 14.8 Å². The third kappa shape index (κ3) is 3.87. The predicted octanol–water partition coefficient (Wildman–Crippen LogP) is 5.55. The fraction of sp³-hybridized carbons (Fsp3) is 0.233. The van der Waals surface area contributed by atoms with Crippen molar-refractivity contribution in [3.05, 3.63) is 107 Å². The van der Waals surface area contributed by atoms with Gasteiger partial charge in [0.1, 0.15) is 5.82 Å². The number of methoxy groups -OCH3 is 2. The number of carbonyl (C=O) groups excluding carboxylic acids is 1. The molecular formula is C30H28N4O3. The zero-order chi connectivity index (χ0) is 25.5. The molecule has 1 N–H and O–H groups in total. The number of anilines is 1. The zero-order valence-corrected chi connectivity index (χ0v) is 21.1. The summed E-state index contributed by atoms with van der Waals surface area (Å²) in [6.07, 6.45) is 4.74. The molecule has 2 aliphatic rings. The number of aryl methyl sites for hydroxylation is 1. The van der Waals surface area contributed by atoms with Crippen LogP contribution in [0.25, 0.3) is 5.69 Å². The Labute approximate surface area is 215 Å². The Morgan fingerprint density at radius 3 is 2.49 bits per heavy atom. The number of ether oxygens (including phenoxy) is 2. The molecule has 2 atom stereocenters. The Kier molecular flexibility index (Phi) is 5.75. The SMILES string of the molecule is COc1ccc([C@H]2CC(=O)C3=C(C2)Nc2c(c(C)nn2-c2ccccc2)[C@H]3c2cccnc2)cc1OC. The van der Waals surface area contributed by atoms with Gasteiger partial charge in [-0.1, -0.05) is 30.3 Å². The van der Waals surface area contributed by atoms with Gasteiger partial charge in [-0.3, -0.25) is 9.78 Å². The molecule has 7 heteroatoms. The number of rotatable bonds is 5. The Hall–Kier alpha value is -4.39. The van der Waals surface area contributed by atoms with E-state index in [4.69, 9.17) is 14.6 Å². The monoisotopic (exact) mass is 492 g/mol. The van der Waals surface area contributed by atoms with Crippen LogP contribution in [0.2, 0.25) is 0 Å². The minimum absolute atomic E-state index is 0.0175. The second-order valence-corrected chi connectivity index (χ2v) is 9.47. The molecular weight excluding hydrogens is 464 g/mol. The fourth-order valence-corrected chi connectivity index (χ4v) is 5.66. The van der Waals surface area contributed by atoms with Crippen molar-refractivity contribution in [3.8, 4) is 17.2 Å². The highest BCUT2D eigenvalue weighted by Crippen LogP contribution is 2.49. The number of nitrogens with zero attached hydrogens (tertiary/aromatic N) is 3. The summed E-state index contributed by atoms with van der Waals surface area (Å²) in [5.41, 5.74) is 6.67. The van der Waals surface area contributed by atoms with Gasteiger partial charge in [-0.15, -0.1) is 0 Å². The molecule has 2 aromatic heterocycles. The van der Waals surface area contributed by atoms with E-state index in [1.807, 2.05) is 78.5 Å². The molecule has 2 aromatic carbocycles. The van der Waals surface area contributed by atoms with Crippen LogP contribution in [0.4, 0.5) is 5.82 Å². The van der Waals surface area contributed by atoms with Crippen molar-refractivity contribution in [2.45, 2.75) is 31.6 Å². The van der Waals surface area contributed by atoms with Gasteiger partial charge < -0.3 is 14.8 Å². The van der Waals surface area contributed by atoms with Crippen LogP contribution in [0.15, 0.2) is 84.3 Å². The van der Waals surface area contributed by atoms with E-state index in [0.29, 0.717) is 24.3 Å². The summed E-state index contributed by atoms with van der Waals surface area (Å²) in [6.45, 7) is 2.01. The van der Waals surface area contributed by atoms with E-state index in [1.54, 1.807) is 20.4 Å². The lowest BCUT2D eigenvalue weighted by Gasteiger charge is -2.35. The Morgan fingerprint density at radius 2 is 1.76 bits per heavy atom. The topological polar surface area (TPSA) is 78.3 Å². The quantitative estimate of drug-likeness (QED) is 0.394. The lowest BCUT2D eigenvalue weighted by Crippen LogP contribution is -2.30. The molecule has 4 aromatic rings. The first-order valence-electron chi connectivity index (χ1n) is 12.4. The van der Waals surface area contributed by atoms with E-state index < -0.39 is 0 Å². The van der Waals surface area contributed by atoms with E-state index in [2.05, 4.69) is 10.3 Å². The number of aromatic nitrogens is 3. The molecule has 0 radical (unpaired) electrons. The Morgan fingerprint density at radius 1 is 0.946 bits per heavy atom. The highest BCUT2D eigenvalue weighted by molar-refractivity contribution is 6.01. The third-order valence-corrected chi connectivity index (χ3v) is 7.36. The number of nitrogens with one attached hydrogen (secondary N) is 1. The number of benzene rings is 2. The average molecular weight is 493 g/mol. The maximum Gasteiger partial charge on any atom is 0.162 e. The highest BCUT2D eigenvalue weighted by atomic mass is 16.5. The number of hydrogen-bond donors (Lipinski definition) is 1. The maximum atomic E-state index is 13.9. The first kappa shape index (κ1) is 23.0. The van der Waals surface area contributed by atoms with Crippen LogP contribution in [0.5, 0.6) is 11.5 Å². The number of allylic oxidation sites excluding steroid dienone is 2. The molecule has 186 valence electrons. The van der Waals surface area contributed by atoms with Crippen molar-refractivity contribution < 1.29 is 14.3 Å². The van der Waals surface area contributed by atoms with Gasteiger partial charge in [0.25, 0.3) is 0 Å². The van der Waals surface area contributed by atoms with E-state index in [1.165, 1.54) is 0 Å². The summed E-state index contributed by atoms with van der Waals surface area (Å²) in [5.74, 6) is 2.17. The molecule has 1 aliphatic carbocycles. The Balaban J connectivity index is 1.48. The number of fused-ring (bicyclic) bond motifs is 1. The summed E-state index contributed by atoms with van der Waals surface area (Å²) in [6, 6.07) is 19.9. The van der Waals surface area contributed by atoms with Gasteiger partial charge >= 0.3 is 0 Å². The van der Waals surface area contributed by atoms with Gasteiger partial charge in [-0.25, -0.2) is 4.68 Å². The van der Waals surface area contributed by atoms with E-state index in [9.17, 15) is 4.79 Å². The summed E-state index contributed by atoms with van der Waals surface area (Å²) in [4.78, 5) is 18.3. The van der Waals surface area contributed by atoms with Crippen molar-refractivity contribution in [2.24, 2.45) is 0 Å². The first-order chi connectivity index (χ1) is 18.1. The minimum Gasteiger partial charge on any atom is -0.493 e. The molecule has 3 heterocycles. The standard InChI is InChI=1S/C30H28N4O3/c1-18-27-28(20-8-7-13-31-17-20)29-23(32-30(27)34(33-18)22-9-5-4-6-10-22)14-21(15-24(29)35)19-11-12-25(36-2)26(16-19)37-3/h4-13,16-17,21,28,32H,14-15H2,1-3H3/t21-,28-/m1/s1. The molecule has 1 aliphatic heterocycles. The molecule has 0 spiro atoms. The molecule has 0 saturated carbocycles. The van der Waals surface area contributed by atoms with Gasteiger partial charge in [0.15, 0.2) is 17.3 Å². The molecule has 7 nitrogen and oxygen atoms in total. The molecule has 0 amide bonds. The fourth-order valence-electron chi connectivity index (χ4n) is 5.66. The largest absolute Gasteiger partial charge is 0.493 e. The number of ketones is 1.